The summed E-state index contributed by atoms with van der Waals surface area (Å²) in [7, 11) is 2.13. The van der Waals surface area contributed by atoms with Crippen LogP contribution in [0, 0.1) is 5.41 Å². The molecule has 23 heavy (non-hydrogen) atoms. The molecule has 0 unspecified atom stereocenters. The summed E-state index contributed by atoms with van der Waals surface area (Å²) in [5.41, 5.74) is 0.134. The number of hydrogen-bond donors (Lipinski definition) is 0. The third kappa shape index (κ3) is 2.86. The first-order chi connectivity index (χ1) is 11.0. The highest BCUT2D eigenvalue weighted by atomic mass is 32.1. The summed E-state index contributed by atoms with van der Waals surface area (Å²) in [5, 5.41) is 5.64. The van der Waals surface area contributed by atoms with Gasteiger partial charge < -0.3 is 14.4 Å². The molecule has 2 aromatic rings. The van der Waals surface area contributed by atoms with Crippen molar-refractivity contribution in [1.29, 1.82) is 0 Å². The predicted molar refractivity (Wildman–Crippen MR) is 89.9 cm³/mol. The molecule has 4 rings (SSSR count). The van der Waals surface area contributed by atoms with Crippen LogP contribution in [0.2, 0.25) is 0 Å². The van der Waals surface area contributed by atoms with E-state index in [1.54, 1.807) is 17.5 Å². The topological polar surface area (TPSA) is 51.9 Å². The van der Waals surface area contributed by atoms with E-state index < -0.39 is 0 Å². The minimum atomic E-state index is -0.343. The van der Waals surface area contributed by atoms with E-state index in [0.717, 1.165) is 49.0 Å². The maximum Gasteiger partial charge on any atom is 0.213 e. The third-order valence-electron chi connectivity index (χ3n) is 4.98. The van der Waals surface area contributed by atoms with Crippen LogP contribution in [0.15, 0.2) is 12.4 Å². The highest BCUT2D eigenvalue weighted by molar-refractivity contribution is 7.20. The van der Waals surface area contributed by atoms with Crippen molar-refractivity contribution in [2.45, 2.75) is 51.4 Å². The molecule has 0 radical (unpaired) electrons. The van der Waals surface area contributed by atoms with E-state index in [0.29, 0.717) is 6.04 Å². The Hall–Kier alpha value is -1.18. The quantitative estimate of drug-likeness (QED) is 0.844. The summed E-state index contributed by atoms with van der Waals surface area (Å²) in [6, 6.07) is 0.485. The zero-order valence-electron chi connectivity index (χ0n) is 14.0. The molecule has 1 aliphatic heterocycles. The van der Waals surface area contributed by atoms with E-state index in [2.05, 4.69) is 35.9 Å². The molecular formula is C16H24N4O2S. The average molecular weight is 336 g/mol. The summed E-state index contributed by atoms with van der Waals surface area (Å²) < 4.78 is 14.1. The number of imidazole rings is 1. The van der Waals surface area contributed by atoms with Gasteiger partial charge in [0.1, 0.15) is 0 Å². The van der Waals surface area contributed by atoms with Gasteiger partial charge in [-0.05, 0) is 12.8 Å². The second kappa shape index (κ2) is 5.43. The fourth-order valence-corrected chi connectivity index (χ4v) is 4.27. The minimum absolute atomic E-state index is 0.134. The van der Waals surface area contributed by atoms with E-state index >= 15 is 0 Å². The first-order valence-electron chi connectivity index (χ1n) is 8.27. The molecule has 0 aromatic carbocycles. The Morgan fingerprint density at radius 1 is 1.26 bits per heavy atom. The van der Waals surface area contributed by atoms with Gasteiger partial charge in [0.2, 0.25) is 10.1 Å². The first kappa shape index (κ1) is 15.4. The lowest BCUT2D eigenvalue weighted by Gasteiger charge is -2.47. The largest absolute Gasteiger partial charge is 0.349 e. The summed E-state index contributed by atoms with van der Waals surface area (Å²) in [5.74, 6) is -0.343. The van der Waals surface area contributed by atoms with Crippen molar-refractivity contribution in [3.8, 4) is 0 Å². The van der Waals surface area contributed by atoms with Crippen molar-refractivity contribution >= 4 is 21.4 Å². The number of anilines is 1. The normalized spacial score (nSPS) is 24.3. The zero-order valence-corrected chi connectivity index (χ0v) is 14.8. The Balaban J connectivity index is 1.40. The molecule has 0 atom stereocenters. The number of fused-ring (bicyclic) bond motifs is 1. The summed E-state index contributed by atoms with van der Waals surface area (Å²) >= 11 is 1.64. The third-order valence-corrected chi connectivity index (χ3v) is 6.01. The molecule has 2 fully saturated rings. The van der Waals surface area contributed by atoms with Crippen LogP contribution in [0.4, 0.5) is 5.13 Å². The Labute approximate surface area is 140 Å². The molecule has 1 saturated heterocycles. The lowest BCUT2D eigenvalue weighted by Crippen LogP contribution is -2.51. The number of rotatable bonds is 2. The molecule has 2 aromatic heterocycles. The second-order valence-electron chi connectivity index (χ2n) is 7.53. The van der Waals surface area contributed by atoms with Gasteiger partial charge in [0, 0.05) is 37.5 Å². The van der Waals surface area contributed by atoms with Gasteiger partial charge in [0.25, 0.3) is 0 Å². The van der Waals surface area contributed by atoms with Crippen molar-refractivity contribution in [3.63, 3.8) is 0 Å². The van der Waals surface area contributed by atoms with Crippen LogP contribution >= 0.6 is 11.3 Å². The van der Waals surface area contributed by atoms with E-state index in [-0.39, 0.29) is 11.2 Å². The molecule has 0 bridgehead atoms. The molecule has 1 saturated carbocycles. The van der Waals surface area contributed by atoms with Crippen LogP contribution in [0.3, 0.4) is 0 Å². The standard InChI is InChI=1S/C16H24N4O2S/c1-15(2)10-21-16(22-11-15)6-4-12(5-7-16)19(3)14-18-20-9-8-17-13(20)23-14/h8-9,12H,4-7,10-11H2,1-3H3. The molecule has 6 nitrogen and oxygen atoms in total. The highest BCUT2D eigenvalue weighted by Crippen LogP contribution is 2.41. The molecule has 2 aliphatic rings. The van der Waals surface area contributed by atoms with Gasteiger partial charge in [-0.3, -0.25) is 0 Å². The minimum Gasteiger partial charge on any atom is -0.349 e. The van der Waals surface area contributed by atoms with E-state index in [9.17, 15) is 0 Å². The summed E-state index contributed by atoms with van der Waals surface area (Å²) in [4.78, 5) is 7.54. The Morgan fingerprint density at radius 2 is 1.96 bits per heavy atom. The Kier molecular flexibility index (Phi) is 3.62. The van der Waals surface area contributed by atoms with Gasteiger partial charge in [-0.1, -0.05) is 25.2 Å². The SMILES string of the molecule is CN(c1nn2ccnc2s1)C1CCC2(CC1)OCC(C)(C)CO2. The molecule has 0 amide bonds. The Bertz CT molecular complexity index is 647. The van der Waals surface area contributed by atoms with Crippen molar-refractivity contribution in [2.75, 3.05) is 25.2 Å². The van der Waals surface area contributed by atoms with Crippen LogP contribution in [0.1, 0.15) is 39.5 Å². The zero-order chi connectivity index (χ0) is 16.1. The van der Waals surface area contributed by atoms with Crippen molar-refractivity contribution in [2.24, 2.45) is 5.41 Å². The first-order valence-corrected chi connectivity index (χ1v) is 9.09. The van der Waals surface area contributed by atoms with E-state index in [1.807, 2.05) is 10.7 Å². The predicted octanol–water partition coefficient (Wildman–Crippen LogP) is 2.94. The van der Waals surface area contributed by atoms with Crippen molar-refractivity contribution < 1.29 is 9.47 Å². The molecule has 0 N–H and O–H groups in total. The van der Waals surface area contributed by atoms with Gasteiger partial charge in [0.05, 0.1) is 19.4 Å². The van der Waals surface area contributed by atoms with Crippen LogP contribution < -0.4 is 4.90 Å². The highest BCUT2D eigenvalue weighted by Gasteiger charge is 2.44. The fraction of sp³-hybridized carbons (Fsp3) is 0.750. The van der Waals surface area contributed by atoms with Crippen LogP contribution in [-0.2, 0) is 9.47 Å². The number of ether oxygens (including phenoxy) is 2. The lowest BCUT2D eigenvalue weighted by molar-refractivity contribution is -0.310. The number of nitrogens with zero attached hydrogens (tertiary/aromatic N) is 4. The van der Waals surface area contributed by atoms with Gasteiger partial charge >= 0.3 is 0 Å². The second-order valence-corrected chi connectivity index (χ2v) is 8.47. The average Bonchev–Trinajstić information content (AvgIpc) is 3.12. The molecule has 1 spiro atoms. The maximum absolute atomic E-state index is 6.12. The number of hydrogen-bond acceptors (Lipinski definition) is 6. The fourth-order valence-electron chi connectivity index (χ4n) is 3.38. The van der Waals surface area contributed by atoms with Crippen LogP contribution in [0.25, 0.3) is 4.96 Å². The lowest BCUT2D eigenvalue weighted by atomic mass is 9.86. The van der Waals surface area contributed by atoms with Crippen LogP contribution in [0.5, 0.6) is 0 Å². The van der Waals surface area contributed by atoms with Crippen molar-refractivity contribution in [1.82, 2.24) is 14.6 Å². The number of aromatic nitrogens is 3. The van der Waals surface area contributed by atoms with Gasteiger partial charge in [0.15, 0.2) is 5.79 Å². The molecule has 3 heterocycles. The Morgan fingerprint density at radius 3 is 2.61 bits per heavy atom. The molecule has 1 aliphatic carbocycles. The van der Waals surface area contributed by atoms with Gasteiger partial charge in [-0.2, -0.15) is 0 Å². The maximum atomic E-state index is 6.12. The van der Waals surface area contributed by atoms with Crippen molar-refractivity contribution in [3.05, 3.63) is 12.4 Å². The molecular weight excluding hydrogens is 312 g/mol. The molecule has 126 valence electrons. The molecule has 7 heteroatoms. The van der Waals surface area contributed by atoms with Crippen LogP contribution in [-0.4, -0.2) is 46.7 Å². The smallest absolute Gasteiger partial charge is 0.213 e. The van der Waals surface area contributed by atoms with E-state index in [4.69, 9.17) is 9.47 Å². The van der Waals surface area contributed by atoms with E-state index in [1.165, 1.54) is 0 Å². The van der Waals surface area contributed by atoms with Gasteiger partial charge in [-0.25, -0.2) is 9.50 Å². The summed E-state index contributed by atoms with van der Waals surface area (Å²) in [6.45, 7) is 5.96. The monoisotopic (exact) mass is 336 g/mol. The summed E-state index contributed by atoms with van der Waals surface area (Å²) in [6.07, 6.45) is 7.73. The van der Waals surface area contributed by atoms with Gasteiger partial charge in [-0.15, -0.1) is 5.10 Å².